The third kappa shape index (κ3) is 1.90. The SMILES string of the molecule is CCc1cccc([Si]Cl)c1CC. The summed E-state index contributed by atoms with van der Waals surface area (Å²) in [5, 5.41) is 1.32. The van der Waals surface area contributed by atoms with Gasteiger partial charge in [0, 0.05) is 0 Å². The maximum Gasteiger partial charge on any atom is 0.210 e. The van der Waals surface area contributed by atoms with Crippen LogP contribution in [-0.4, -0.2) is 8.83 Å². The molecule has 0 aromatic heterocycles. The van der Waals surface area contributed by atoms with Gasteiger partial charge in [-0.3, -0.25) is 0 Å². The van der Waals surface area contributed by atoms with Crippen molar-refractivity contribution in [3.05, 3.63) is 29.3 Å². The van der Waals surface area contributed by atoms with Gasteiger partial charge in [-0.2, -0.15) is 11.1 Å². The van der Waals surface area contributed by atoms with Crippen molar-refractivity contribution >= 4 is 25.1 Å². The lowest BCUT2D eigenvalue weighted by atomic mass is 10.0. The van der Waals surface area contributed by atoms with Crippen molar-refractivity contribution in [2.75, 3.05) is 0 Å². The molecule has 0 fully saturated rings. The summed E-state index contributed by atoms with van der Waals surface area (Å²) in [7, 11) is 0.407. The Hall–Kier alpha value is -0.273. The Balaban J connectivity index is 3.13. The van der Waals surface area contributed by atoms with Crippen LogP contribution in [0.25, 0.3) is 0 Å². The molecule has 1 aromatic carbocycles. The van der Waals surface area contributed by atoms with Crippen molar-refractivity contribution < 1.29 is 0 Å². The van der Waals surface area contributed by atoms with Crippen molar-refractivity contribution in [3.8, 4) is 0 Å². The number of rotatable bonds is 3. The lowest BCUT2D eigenvalue weighted by molar-refractivity contribution is 1.05. The lowest BCUT2D eigenvalue weighted by Crippen LogP contribution is -2.16. The van der Waals surface area contributed by atoms with Gasteiger partial charge in [-0.1, -0.05) is 32.0 Å². The van der Waals surface area contributed by atoms with E-state index in [9.17, 15) is 0 Å². The van der Waals surface area contributed by atoms with Crippen molar-refractivity contribution in [1.82, 2.24) is 0 Å². The summed E-state index contributed by atoms with van der Waals surface area (Å²) in [6.45, 7) is 4.38. The minimum atomic E-state index is 0.407. The maximum atomic E-state index is 5.87. The Morgan fingerprint density at radius 2 is 2.00 bits per heavy atom. The highest BCUT2D eigenvalue weighted by Crippen LogP contribution is 2.07. The third-order valence-corrected chi connectivity index (χ3v) is 3.39. The molecule has 0 saturated heterocycles. The van der Waals surface area contributed by atoms with E-state index in [1.807, 2.05) is 0 Å². The van der Waals surface area contributed by atoms with Gasteiger partial charge in [-0.05, 0) is 29.2 Å². The predicted octanol–water partition coefficient (Wildman–Crippen LogP) is 2.29. The highest BCUT2D eigenvalue weighted by atomic mass is 35.6. The number of halogens is 1. The number of benzene rings is 1. The summed E-state index contributed by atoms with van der Waals surface area (Å²) >= 11 is 5.87. The topological polar surface area (TPSA) is 0 Å². The monoisotopic (exact) mass is 196 g/mol. The fourth-order valence-electron chi connectivity index (χ4n) is 1.47. The summed E-state index contributed by atoms with van der Waals surface area (Å²) in [4.78, 5) is 0. The molecule has 1 aromatic rings. The molecule has 0 spiro atoms. The quantitative estimate of drug-likeness (QED) is 0.514. The highest BCUT2D eigenvalue weighted by Gasteiger charge is 2.04. The Bertz CT molecular complexity index is 236. The largest absolute Gasteiger partial charge is 0.210 e. The molecule has 64 valence electrons. The van der Waals surface area contributed by atoms with Crippen LogP contribution in [0.15, 0.2) is 18.2 Å². The third-order valence-electron chi connectivity index (χ3n) is 2.11. The van der Waals surface area contributed by atoms with E-state index >= 15 is 0 Å². The normalized spacial score (nSPS) is 10.2. The van der Waals surface area contributed by atoms with Crippen LogP contribution < -0.4 is 5.19 Å². The summed E-state index contributed by atoms with van der Waals surface area (Å²) in [6.07, 6.45) is 2.21. The van der Waals surface area contributed by atoms with Gasteiger partial charge < -0.3 is 0 Å². The van der Waals surface area contributed by atoms with Crippen molar-refractivity contribution in [2.24, 2.45) is 0 Å². The van der Waals surface area contributed by atoms with Crippen LogP contribution in [0.3, 0.4) is 0 Å². The molecule has 0 aliphatic heterocycles. The molecule has 1 rings (SSSR count). The maximum absolute atomic E-state index is 5.87. The number of hydrogen-bond donors (Lipinski definition) is 0. The van der Waals surface area contributed by atoms with Crippen LogP contribution in [0.1, 0.15) is 25.0 Å². The average molecular weight is 197 g/mol. The summed E-state index contributed by atoms with van der Waals surface area (Å²) < 4.78 is 0. The first-order valence-corrected chi connectivity index (χ1v) is 6.32. The van der Waals surface area contributed by atoms with Crippen LogP contribution in [0, 0.1) is 0 Å². The molecular weight excluding hydrogens is 184 g/mol. The van der Waals surface area contributed by atoms with Gasteiger partial charge in [0.15, 0.2) is 0 Å². The fourth-order valence-corrected chi connectivity index (χ4v) is 2.61. The van der Waals surface area contributed by atoms with E-state index in [1.54, 1.807) is 0 Å². The van der Waals surface area contributed by atoms with Gasteiger partial charge in [0.1, 0.15) is 0 Å². The molecule has 0 unspecified atom stereocenters. The standard InChI is InChI=1S/C10H13ClSi/c1-3-8-6-5-7-10(12-11)9(8)4-2/h5-7H,3-4H2,1-2H3. The minimum absolute atomic E-state index is 0.407. The fraction of sp³-hybridized carbons (Fsp3) is 0.400. The van der Waals surface area contributed by atoms with Crippen LogP contribution in [0.4, 0.5) is 0 Å². The van der Waals surface area contributed by atoms with Gasteiger partial charge in [0.25, 0.3) is 0 Å². The van der Waals surface area contributed by atoms with Crippen LogP contribution >= 0.6 is 11.1 Å². The molecule has 0 bridgehead atoms. The Morgan fingerprint density at radius 1 is 1.25 bits per heavy atom. The summed E-state index contributed by atoms with van der Waals surface area (Å²) in [5.74, 6) is 0. The Kier molecular flexibility index (Phi) is 3.83. The minimum Gasteiger partial charge on any atom is -0.165 e. The molecule has 0 nitrogen and oxygen atoms in total. The Morgan fingerprint density at radius 3 is 2.50 bits per heavy atom. The van der Waals surface area contributed by atoms with Crippen LogP contribution in [-0.2, 0) is 12.8 Å². The van der Waals surface area contributed by atoms with Crippen molar-refractivity contribution in [3.63, 3.8) is 0 Å². The van der Waals surface area contributed by atoms with E-state index in [-0.39, 0.29) is 0 Å². The average Bonchev–Trinajstić information content (AvgIpc) is 2.16. The smallest absolute Gasteiger partial charge is 0.165 e. The molecule has 0 aliphatic rings. The number of hydrogen-bond acceptors (Lipinski definition) is 0. The van der Waals surface area contributed by atoms with Gasteiger partial charge in [0.05, 0.1) is 0 Å². The van der Waals surface area contributed by atoms with E-state index in [0.717, 1.165) is 12.8 Å². The molecule has 2 heteroatoms. The number of aryl methyl sites for hydroxylation is 1. The second kappa shape index (κ2) is 4.68. The van der Waals surface area contributed by atoms with E-state index in [2.05, 4.69) is 32.0 Å². The van der Waals surface area contributed by atoms with E-state index in [1.165, 1.54) is 16.3 Å². The first kappa shape index (κ1) is 9.81. The summed E-state index contributed by atoms with van der Waals surface area (Å²) in [6, 6.07) is 6.42. The van der Waals surface area contributed by atoms with Crippen molar-refractivity contribution in [1.29, 1.82) is 0 Å². The highest BCUT2D eigenvalue weighted by molar-refractivity contribution is 7.01. The van der Waals surface area contributed by atoms with Gasteiger partial charge in [0.2, 0.25) is 8.83 Å². The molecular formula is C10H13ClSi. The molecule has 0 aliphatic carbocycles. The molecule has 12 heavy (non-hydrogen) atoms. The van der Waals surface area contributed by atoms with E-state index in [0.29, 0.717) is 8.83 Å². The van der Waals surface area contributed by atoms with Crippen LogP contribution in [0.2, 0.25) is 0 Å². The summed E-state index contributed by atoms with van der Waals surface area (Å²) in [5.41, 5.74) is 2.90. The molecule has 0 heterocycles. The zero-order valence-corrected chi connectivity index (χ0v) is 9.28. The second-order valence-electron chi connectivity index (χ2n) is 2.74. The molecule has 2 radical (unpaired) electrons. The zero-order valence-electron chi connectivity index (χ0n) is 7.52. The van der Waals surface area contributed by atoms with Gasteiger partial charge in [-0.15, -0.1) is 0 Å². The lowest BCUT2D eigenvalue weighted by Gasteiger charge is -2.08. The first-order valence-electron chi connectivity index (χ1n) is 4.30. The Labute approximate surface area is 81.5 Å². The van der Waals surface area contributed by atoms with Crippen LogP contribution in [0.5, 0.6) is 0 Å². The van der Waals surface area contributed by atoms with E-state index < -0.39 is 0 Å². The van der Waals surface area contributed by atoms with Gasteiger partial charge >= 0.3 is 0 Å². The van der Waals surface area contributed by atoms with E-state index in [4.69, 9.17) is 11.1 Å². The molecule has 0 atom stereocenters. The first-order chi connectivity index (χ1) is 5.83. The second-order valence-corrected chi connectivity index (χ2v) is 4.04. The van der Waals surface area contributed by atoms with Gasteiger partial charge in [-0.25, -0.2) is 0 Å². The predicted molar refractivity (Wildman–Crippen MR) is 56.4 cm³/mol. The molecule has 0 amide bonds. The molecule has 0 N–H and O–H groups in total. The van der Waals surface area contributed by atoms with Crippen molar-refractivity contribution in [2.45, 2.75) is 26.7 Å². The zero-order chi connectivity index (χ0) is 8.97. The molecule has 0 saturated carbocycles.